The number of anilines is 1. The quantitative estimate of drug-likeness (QED) is 0.731. The minimum absolute atomic E-state index is 0.0673. The van der Waals surface area contributed by atoms with Crippen molar-refractivity contribution in [2.24, 2.45) is 4.99 Å². The van der Waals surface area contributed by atoms with Crippen LogP contribution in [0.4, 0.5) is 5.95 Å². The number of hydrogen-bond acceptors (Lipinski definition) is 6. The third-order valence-corrected chi connectivity index (χ3v) is 6.41. The van der Waals surface area contributed by atoms with Gasteiger partial charge >= 0.3 is 0 Å². The Morgan fingerprint density at radius 2 is 1.90 bits per heavy atom. The molecule has 29 heavy (non-hydrogen) atoms. The summed E-state index contributed by atoms with van der Waals surface area (Å²) < 4.78 is 2.29. The van der Waals surface area contributed by atoms with Crippen molar-refractivity contribution in [3.05, 3.63) is 54.4 Å². The zero-order valence-electron chi connectivity index (χ0n) is 16.4. The van der Waals surface area contributed by atoms with Crippen LogP contribution in [0.1, 0.15) is 43.8 Å². The Morgan fingerprint density at radius 1 is 1.00 bits per heavy atom. The molecular formula is C22H25N7. The molecule has 7 nitrogen and oxygen atoms in total. The van der Waals surface area contributed by atoms with E-state index in [0.717, 1.165) is 41.8 Å². The van der Waals surface area contributed by atoms with E-state index < -0.39 is 0 Å². The molecule has 6 rings (SSSR count). The minimum atomic E-state index is -0.0673. The highest BCUT2D eigenvalue weighted by molar-refractivity contribution is 5.98. The first-order valence-electron chi connectivity index (χ1n) is 10.6. The summed E-state index contributed by atoms with van der Waals surface area (Å²) in [6.07, 6.45) is 10.3. The Hall–Kier alpha value is -2.93. The maximum Gasteiger partial charge on any atom is 0.216 e. The van der Waals surface area contributed by atoms with Crippen LogP contribution in [0.25, 0.3) is 11.0 Å². The molecule has 148 valence electrons. The molecule has 1 fully saturated rings. The number of benzene rings is 1. The van der Waals surface area contributed by atoms with E-state index in [2.05, 4.69) is 48.9 Å². The monoisotopic (exact) mass is 387 g/mol. The maximum absolute atomic E-state index is 5.01. The standard InChI is InChI=1S/C22H25N7/c1-2-8-17(9-3-1)27-14-24-21-26-20(16-7-6-12-23-13-16)29-19-11-5-4-10-18(19)25-22(29)28(21)15-27/h4-7,10-13,17,20H,1-3,8-9,14-15H2,(H,24,26)/t20-/m1/s1. The zero-order valence-corrected chi connectivity index (χ0v) is 16.4. The largest absolute Gasteiger partial charge is 0.331 e. The van der Waals surface area contributed by atoms with Gasteiger partial charge in [-0.15, -0.1) is 0 Å². The van der Waals surface area contributed by atoms with Crippen LogP contribution in [-0.4, -0.2) is 44.8 Å². The van der Waals surface area contributed by atoms with Crippen molar-refractivity contribution in [2.75, 3.05) is 18.2 Å². The molecule has 0 radical (unpaired) electrons. The normalized spacial score (nSPS) is 22.7. The SMILES string of the molecule is c1cncc([C@@H]2NC3=NCN(C4CCCCC4)CN3c3nc4ccccc4n32)c1. The van der Waals surface area contributed by atoms with Gasteiger partial charge in [-0.05, 0) is 31.0 Å². The number of imidazole rings is 1. The van der Waals surface area contributed by atoms with Gasteiger partial charge in [-0.1, -0.05) is 37.5 Å². The highest BCUT2D eigenvalue weighted by Gasteiger charge is 2.37. The van der Waals surface area contributed by atoms with Crippen molar-refractivity contribution < 1.29 is 0 Å². The first-order valence-corrected chi connectivity index (χ1v) is 10.6. The molecule has 3 aromatic rings. The Kier molecular flexibility index (Phi) is 4.01. The molecule has 0 bridgehead atoms. The smallest absolute Gasteiger partial charge is 0.216 e. The van der Waals surface area contributed by atoms with Gasteiger partial charge in [0.2, 0.25) is 11.9 Å². The topological polar surface area (TPSA) is 61.6 Å². The summed E-state index contributed by atoms with van der Waals surface area (Å²) in [5.74, 6) is 1.87. The fourth-order valence-electron chi connectivity index (χ4n) is 4.93. The van der Waals surface area contributed by atoms with Crippen molar-refractivity contribution in [1.82, 2.24) is 24.8 Å². The van der Waals surface area contributed by atoms with Gasteiger partial charge in [0, 0.05) is 24.0 Å². The number of para-hydroxylation sites is 2. The summed E-state index contributed by atoms with van der Waals surface area (Å²) in [5.41, 5.74) is 3.24. The van der Waals surface area contributed by atoms with Crippen LogP contribution in [0.15, 0.2) is 53.8 Å². The van der Waals surface area contributed by atoms with Crippen molar-refractivity contribution >= 4 is 22.9 Å². The lowest BCUT2D eigenvalue weighted by Gasteiger charge is -2.44. The molecule has 0 unspecified atom stereocenters. The Morgan fingerprint density at radius 3 is 2.76 bits per heavy atom. The molecule has 0 saturated heterocycles. The highest BCUT2D eigenvalue weighted by atomic mass is 15.5. The number of pyridine rings is 1. The first kappa shape index (κ1) is 17.0. The molecule has 1 aromatic carbocycles. The van der Waals surface area contributed by atoms with Gasteiger partial charge in [0.15, 0.2) is 0 Å². The molecule has 1 saturated carbocycles. The van der Waals surface area contributed by atoms with Crippen LogP contribution in [0.2, 0.25) is 0 Å². The number of aromatic nitrogens is 3. The lowest BCUT2D eigenvalue weighted by atomic mass is 9.94. The van der Waals surface area contributed by atoms with E-state index in [1.54, 1.807) is 0 Å². The average molecular weight is 387 g/mol. The Balaban J connectivity index is 1.44. The number of aliphatic imine (C=N–C) groups is 1. The molecule has 2 aliphatic heterocycles. The summed E-state index contributed by atoms with van der Waals surface area (Å²) in [6.45, 7) is 1.59. The highest BCUT2D eigenvalue weighted by Crippen LogP contribution is 2.34. The van der Waals surface area contributed by atoms with Crippen molar-refractivity contribution in [3.8, 4) is 0 Å². The molecule has 1 N–H and O–H groups in total. The van der Waals surface area contributed by atoms with Gasteiger partial charge in [-0.25, -0.2) is 9.98 Å². The number of nitrogens with one attached hydrogen (secondary N) is 1. The van der Waals surface area contributed by atoms with Gasteiger partial charge in [0.1, 0.15) is 6.17 Å². The number of nitrogens with zero attached hydrogens (tertiary/aromatic N) is 6. The fourth-order valence-corrected chi connectivity index (χ4v) is 4.93. The van der Waals surface area contributed by atoms with Crippen LogP contribution in [0.3, 0.4) is 0 Å². The second kappa shape index (κ2) is 6.84. The Labute approximate surface area is 170 Å². The Bertz CT molecular complexity index is 1050. The number of hydrogen-bond donors (Lipinski definition) is 1. The van der Waals surface area contributed by atoms with Gasteiger partial charge in [0.25, 0.3) is 0 Å². The summed E-state index contributed by atoms with van der Waals surface area (Å²) in [6, 6.07) is 13.1. The third kappa shape index (κ3) is 2.80. The first-order chi connectivity index (χ1) is 14.4. The van der Waals surface area contributed by atoms with Crippen LogP contribution in [-0.2, 0) is 0 Å². The summed E-state index contributed by atoms with van der Waals surface area (Å²) in [4.78, 5) is 19.0. The van der Waals surface area contributed by atoms with E-state index in [9.17, 15) is 0 Å². The number of fused-ring (bicyclic) bond motifs is 5. The summed E-state index contributed by atoms with van der Waals surface area (Å²) in [7, 11) is 0. The van der Waals surface area contributed by atoms with Crippen molar-refractivity contribution in [3.63, 3.8) is 0 Å². The van der Waals surface area contributed by atoms with E-state index in [1.807, 2.05) is 24.5 Å². The average Bonchev–Trinajstić information content (AvgIpc) is 3.19. The van der Waals surface area contributed by atoms with Gasteiger partial charge in [-0.2, -0.15) is 0 Å². The summed E-state index contributed by atoms with van der Waals surface area (Å²) >= 11 is 0. The lowest BCUT2D eigenvalue weighted by molar-refractivity contribution is 0.156. The molecule has 0 amide bonds. The number of guanidine groups is 1. The van der Waals surface area contributed by atoms with E-state index in [1.165, 1.54) is 32.1 Å². The molecule has 0 spiro atoms. The minimum Gasteiger partial charge on any atom is -0.331 e. The predicted octanol–water partition coefficient (Wildman–Crippen LogP) is 3.31. The van der Waals surface area contributed by atoms with Gasteiger partial charge in [0.05, 0.1) is 24.4 Å². The molecule has 2 aromatic heterocycles. The lowest BCUT2D eigenvalue weighted by Crippen LogP contribution is -2.59. The molecule has 1 atom stereocenters. The summed E-state index contributed by atoms with van der Waals surface area (Å²) in [5, 5.41) is 3.66. The predicted molar refractivity (Wildman–Crippen MR) is 114 cm³/mol. The molecule has 4 heterocycles. The zero-order chi connectivity index (χ0) is 19.2. The van der Waals surface area contributed by atoms with Gasteiger partial charge < -0.3 is 5.32 Å². The molecule has 1 aliphatic carbocycles. The van der Waals surface area contributed by atoms with Crippen molar-refractivity contribution in [2.45, 2.75) is 44.3 Å². The van der Waals surface area contributed by atoms with Crippen LogP contribution in [0, 0.1) is 0 Å². The molecular weight excluding hydrogens is 362 g/mol. The van der Waals surface area contributed by atoms with Crippen LogP contribution >= 0.6 is 0 Å². The van der Waals surface area contributed by atoms with Crippen LogP contribution in [0.5, 0.6) is 0 Å². The van der Waals surface area contributed by atoms with E-state index >= 15 is 0 Å². The number of rotatable bonds is 2. The second-order valence-corrected chi connectivity index (χ2v) is 8.18. The van der Waals surface area contributed by atoms with Crippen molar-refractivity contribution in [1.29, 1.82) is 0 Å². The van der Waals surface area contributed by atoms with E-state index in [4.69, 9.17) is 9.98 Å². The van der Waals surface area contributed by atoms with Gasteiger partial charge in [-0.3, -0.25) is 19.4 Å². The third-order valence-electron chi connectivity index (χ3n) is 6.41. The fraction of sp³-hybridized carbons (Fsp3) is 0.409. The van der Waals surface area contributed by atoms with Crippen LogP contribution < -0.4 is 10.2 Å². The van der Waals surface area contributed by atoms with E-state index in [0.29, 0.717) is 6.04 Å². The second-order valence-electron chi connectivity index (χ2n) is 8.18. The molecule has 3 aliphatic rings. The maximum atomic E-state index is 5.01. The van der Waals surface area contributed by atoms with E-state index in [-0.39, 0.29) is 6.17 Å². The molecule has 7 heteroatoms.